The molecule has 0 fully saturated rings. The van der Waals surface area contributed by atoms with Gasteiger partial charge in [-0.1, -0.05) is 13.8 Å². The lowest BCUT2D eigenvalue weighted by Crippen LogP contribution is -2.04. The normalized spacial score (nSPS) is 11.9. The molecule has 0 N–H and O–H groups in total. The maximum atomic E-state index is 4.33. The van der Waals surface area contributed by atoms with E-state index >= 15 is 0 Å². The predicted molar refractivity (Wildman–Crippen MR) is 72.9 cm³/mol. The first-order valence-corrected chi connectivity index (χ1v) is 6.36. The van der Waals surface area contributed by atoms with Crippen molar-refractivity contribution in [1.82, 2.24) is 19.7 Å². The van der Waals surface area contributed by atoms with Gasteiger partial charge in [0, 0.05) is 18.3 Å². The van der Waals surface area contributed by atoms with E-state index in [1.807, 2.05) is 30.7 Å². The maximum absolute atomic E-state index is 4.33. The Morgan fingerprint density at radius 2 is 1.89 bits per heavy atom. The topological polar surface area (TPSA) is 68.3 Å². The molecule has 2 rings (SSSR count). The van der Waals surface area contributed by atoms with E-state index in [-0.39, 0.29) is 6.04 Å². The molecule has 0 saturated heterocycles. The molecule has 0 amide bonds. The van der Waals surface area contributed by atoms with E-state index in [0.29, 0.717) is 11.7 Å². The fourth-order valence-electron chi connectivity index (χ4n) is 1.61. The van der Waals surface area contributed by atoms with Crippen LogP contribution in [0.4, 0.5) is 5.82 Å². The van der Waals surface area contributed by atoms with Crippen LogP contribution in [0.2, 0.25) is 0 Å². The molecule has 0 saturated carbocycles. The zero-order valence-corrected chi connectivity index (χ0v) is 11.6. The predicted octanol–water partition coefficient (Wildman–Crippen LogP) is 3.28. The Balaban J connectivity index is 2.25. The molecule has 0 aliphatic carbocycles. The molecule has 100 valence electrons. The first-order chi connectivity index (χ1) is 9.08. The van der Waals surface area contributed by atoms with Crippen molar-refractivity contribution in [2.75, 3.05) is 0 Å². The zero-order chi connectivity index (χ0) is 13.8. The summed E-state index contributed by atoms with van der Waals surface area (Å²) in [4.78, 5) is 4.33. The van der Waals surface area contributed by atoms with Crippen LogP contribution in [0.25, 0.3) is 5.82 Å². The number of aromatic nitrogens is 4. The van der Waals surface area contributed by atoms with E-state index in [1.54, 1.807) is 12.3 Å². The highest BCUT2D eigenvalue weighted by Gasteiger charge is 2.09. The van der Waals surface area contributed by atoms with Crippen LogP contribution in [0.1, 0.15) is 39.4 Å². The van der Waals surface area contributed by atoms with E-state index in [2.05, 4.69) is 39.3 Å². The number of imidazole rings is 1. The van der Waals surface area contributed by atoms with Gasteiger partial charge in [-0.15, -0.1) is 15.3 Å². The van der Waals surface area contributed by atoms with Crippen LogP contribution in [0.3, 0.4) is 0 Å². The summed E-state index contributed by atoms with van der Waals surface area (Å²) in [6.45, 7) is 8.12. The summed E-state index contributed by atoms with van der Waals surface area (Å²) < 4.78 is 1.93. The van der Waals surface area contributed by atoms with Crippen LogP contribution in [0.5, 0.6) is 0 Å². The minimum absolute atomic E-state index is 0.155. The maximum Gasteiger partial charge on any atom is 0.196 e. The second-order valence-corrected chi connectivity index (χ2v) is 4.87. The van der Waals surface area contributed by atoms with Crippen LogP contribution in [-0.2, 0) is 0 Å². The first kappa shape index (κ1) is 13.3. The van der Waals surface area contributed by atoms with Crippen LogP contribution >= 0.6 is 0 Å². The van der Waals surface area contributed by atoms with Crippen LogP contribution in [-0.4, -0.2) is 25.8 Å². The third kappa shape index (κ3) is 3.21. The molecular formula is C13H18N6. The SMILES string of the molecule is CC(C)N=Nc1ccc(-n2ccnc2C(C)C)nn1. The number of hydrogen-bond acceptors (Lipinski definition) is 5. The van der Waals surface area contributed by atoms with Gasteiger partial charge >= 0.3 is 0 Å². The van der Waals surface area contributed by atoms with Gasteiger partial charge < -0.3 is 0 Å². The molecule has 0 bridgehead atoms. The average molecular weight is 258 g/mol. The van der Waals surface area contributed by atoms with Crippen molar-refractivity contribution in [2.24, 2.45) is 10.2 Å². The Kier molecular flexibility index (Phi) is 3.99. The van der Waals surface area contributed by atoms with Crippen molar-refractivity contribution in [3.63, 3.8) is 0 Å². The van der Waals surface area contributed by atoms with E-state index in [4.69, 9.17) is 0 Å². The van der Waals surface area contributed by atoms with Crippen LogP contribution in [0.15, 0.2) is 34.8 Å². The van der Waals surface area contributed by atoms with Crippen molar-refractivity contribution in [3.8, 4) is 5.82 Å². The highest BCUT2D eigenvalue weighted by Crippen LogP contribution is 2.17. The second kappa shape index (κ2) is 5.69. The number of azo groups is 1. The molecule has 19 heavy (non-hydrogen) atoms. The molecule has 6 nitrogen and oxygen atoms in total. The van der Waals surface area contributed by atoms with E-state index in [9.17, 15) is 0 Å². The number of hydrogen-bond donors (Lipinski definition) is 0. The summed E-state index contributed by atoms with van der Waals surface area (Å²) in [5, 5.41) is 16.3. The Hall–Kier alpha value is -2.11. The van der Waals surface area contributed by atoms with Crippen molar-refractivity contribution in [2.45, 2.75) is 39.7 Å². The molecule has 2 aromatic rings. The fourth-order valence-corrected chi connectivity index (χ4v) is 1.61. The van der Waals surface area contributed by atoms with Crippen molar-refractivity contribution < 1.29 is 0 Å². The van der Waals surface area contributed by atoms with Gasteiger partial charge in [0.2, 0.25) is 0 Å². The van der Waals surface area contributed by atoms with Gasteiger partial charge in [0.05, 0.1) is 6.04 Å². The lowest BCUT2D eigenvalue weighted by atomic mass is 10.2. The van der Waals surface area contributed by atoms with Gasteiger partial charge in [-0.25, -0.2) is 4.98 Å². The summed E-state index contributed by atoms with van der Waals surface area (Å²) in [6, 6.07) is 3.83. The largest absolute Gasteiger partial charge is 0.286 e. The molecular weight excluding hydrogens is 240 g/mol. The summed E-state index contributed by atoms with van der Waals surface area (Å²) in [6.07, 6.45) is 3.65. The minimum Gasteiger partial charge on any atom is -0.286 e. The van der Waals surface area contributed by atoms with Crippen LogP contribution < -0.4 is 0 Å². The number of rotatable bonds is 4. The second-order valence-electron chi connectivity index (χ2n) is 4.87. The lowest BCUT2D eigenvalue weighted by Gasteiger charge is -2.08. The molecule has 0 aromatic carbocycles. The molecule has 0 radical (unpaired) electrons. The Morgan fingerprint density at radius 3 is 2.47 bits per heavy atom. The van der Waals surface area contributed by atoms with E-state index in [0.717, 1.165) is 11.6 Å². The quantitative estimate of drug-likeness (QED) is 0.790. The smallest absolute Gasteiger partial charge is 0.196 e. The highest BCUT2D eigenvalue weighted by atomic mass is 15.3. The monoisotopic (exact) mass is 258 g/mol. The van der Waals surface area contributed by atoms with Crippen LogP contribution in [0, 0.1) is 0 Å². The summed E-state index contributed by atoms with van der Waals surface area (Å²) >= 11 is 0. The summed E-state index contributed by atoms with van der Waals surface area (Å²) in [7, 11) is 0. The molecule has 2 aromatic heterocycles. The van der Waals surface area contributed by atoms with Gasteiger partial charge in [0.1, 0.15) is 5.82 Å². The Bertz CT molecular complexity index is 553. The van der Waals surface area contributed by atoms with Crippen molar-refractivity contribution >= 4 is 5.82 Å². The van der Waals surface area contributed by atoms with Gasteiger partial charge in [0.25, 0.3) is 0 Å². The van der Waals surface area contributed by atoms with Gasteiger partial charge in [-0.2, -0.15) is 5.11 Å². The van der Waals surface area contributed by atoms with Gasteiger partial charge in [-0.3, -0.25) is 4.57 Å². The molecule has 2 heterocycles. The van der Waals surface area contributed by atoms with Gasteiger partial charge in [0.15, 0.2) is 11.6 Å². The highest BCUT2D eigenvalue weighted by molar-refractivity contribution is 5.31. The lowest BCUT2D eigenvalue weighted by molar-refractivity contribution is 0.734. The number of nitrogens with zero attached hydrogens (tertiary/aromatic N) is 6. The Morgan fingerprint density at radius 1 is 1.11 bits per heavy atom. The molecule has 0 unspecified atom stereocenters. The first-order valence-electron chi connectivity index (χ1n) is 6.36. The average Bonchev–Trinajstić information content (AvgIpc) is 2.86. The molecule has 0 aliphatic heterocycles. The van der Waals surface area contributed by atoms with Crippen molar-refractivity contribution in [1.29, 1.82) is 0 Å². The third-order valence-electron chi connectivity index (χ3n) is 2.46. The third-order valence-corrected chi connectivity index (χ3v) is 2.46. The molecule has 6 heteroatoms. The van der Waals surface area contributed by atoms with E-state index < -0.39 is 0 Å². The Labute approximate surface area is 112 Å². The molecule has 0 atom stereocenters. The fraction of sp³-hybridized carbons (Fsp3) is 0.462. The molecule has 0 aliphatic rings. The zero-order valence-electron chi connectivity index (χ0n) is 11.6. The summed E-state index contributed by atoms with van der Waals surface area (Å²) in [5.74, 6) is 2.55. The standard InChI is InChI=1S/C13H18N6/c1-9(2)13-14-7-8-19(13)12-6-5-11(17-18-12)16-15-10(3)4/h5-10H,1-4H3. The molecule has 0 spiro atoms. The van der Waals surface area contributed by atoms with Gasteiger partial charge in [-0.05, 0) is 26.0 Å². The minimum atomic E-state index is 0.155. The van der Waals surface area contributed by atoms with E-state index in [1.165, 1.54) is 0 Å². The summed E-state index contributed by atoms with van der Waals surface area (Å²) in [5.41, 5.74) is 0. The van der Waals surface area contributed by atoms with Crippen molar-refractivity contribution in [3.05, 3.63) is 30.4 Å².